The molecule has 0 bridgehead atoms. The van der Waals surface area contributed by atoms with Crippen LogP contribution in [0.25, 0.3) is 0 Å². The largest absolute Gasteiger partial charge is 0.497 e. The summed E-state index contributed by atoms with van der Waals surface area (Å²) in [7, 11) is 1.57. The third-order valence-electron chi connectivity index (χ3n) is 5.79. The Balaban J connectivity index is 2.45. The van der Waals surface area contributed by atoms with Crippen LogP contribution < -0.4 is 15.4 Å². The number of rotatable bonds is 9. The first kappa shape index (κ1) is 28.7. The molecule has 3 atom stereocenters. The minimum Gasteiger partial charge on any atom is -0.497 e. The summed E-state index contributed by atoms with van der Waals surface area (Å²) in [5, 5.41) is 5.56. The molecule has 0 spiro atoms. The minimum atomic E-state index is -0.918. The van der Waals surface area contributed by atoms with Crippen molar-refractivity contribution in [3.8, 4) is 5.75 Å². The first-order valence-electron chi connectivity index (χ1n) is 12.2. The van der Waals surface area contributed by atoms with E-state index in [1.165, 1.54) is 0 Å². The van der Waals surface area contributed by atoms with Gasteiger partial charge >= 0.3 is 6.09 Å². The van der Waals surface area contributed by atoms with Gasteiger partial charge in [0.05, 0.1) is 7.11 Å². The van der Waals surface area contributed by atoms with E-state index in [4.69, 9.17) is 9.47 Å². The van der Waals surface area contributed by atoms with E-state index in [0.29, 0.717) is 23.4 Å². The van der Waals surface area contributed by atoms with E-state index in [0.717, 1.165) is 5.56 Å². The van der Waals surface area contributed by atoms with Gasteiger partial charge in [-0.05, 0) is 83.4 Å². The monoisotopic (exact) mass is 497 g/mol. The van der Waals surface area contributed by atoms with Crippen LogP contribution in [0.1, 0.15) is 65.1 Å². The highest BCUT2D eigenvalue weighted by molar-refractivity contribution is 5.99. The molecule has 2 aromatic rings. The van der Waals surface area contributed by atoms with Crippen molar-refractivity contribution in [2.24, 2.45) is 0 Å². The van der Waals surface area contributed by atoms with E-state index in [2.05, 4.69) is 10.6 Å². The van der Waals surface area contributed by atoms with Crippen LogP contribution in [0.5, 0.6) is 5.75 Å². The Morgan fingerprint density at radius 2 is 1.61 bits per heavy atom. The van der Waals surface area contributed by atoms with Crippen molar-refractivity contribution >= 4 is 23.6 Å². The van der Waals surface area contributed by atoms with Gasteiger partial charge < -0.3 is 25.0 Å². The standard InChI is InChI=1S/C28H39N3O5/c1-9-19(3)31(26(33)20(4)29-27(34)36-28(5,6)7)24(23-13-11-10-12-18(23)2)25(32)30-21-14-16-22(35-8)17-15-21/h10-17,19-20,24H,9H2,1-8H3,(H,29,34)(H,30,32). The fraction of sp³-hybridized carbons (Fsp3) is 0.464. The molecule has 36 heavy (non-hydrogen) atoms. The van der Waals surface area contributed by atoms with Crippen LogP contribution in [-0.4, -0.2) is 47.6 Å². The number of ether oxygens (including phenoxy) is 2. The Kier molecular flexibility index (Phi) is 9.90. The number of anilines is 1. The number of carbonyl (C=O) groups is 3. The zero-order chi connectivity index (χ0) is 27.0. The Hall–Kier alpha value is -3.55. The van der Waals surface area contributed by atoms with Crippen molar-refractivity contribution < 1.29 is 23.9 Å². The Morgan fingerprint density at radius 1 is 1.00 bits per heavy atom. The SMILES string of the molecule is CCC(C)N(C(=O)C(C)NC(=O)OC(C)(C)C)C(C(=O)Nc1ccc(OC)cc1)c1ccccc1C. The topological polar surface area (TPSA) is 97.0 Å². The van der Waals surface area contributed by atoms with Crippen LogP contribution in [-0.2, 0) is 14.3 Å². The molecule has 3 amide bonds. The number of nitrogens with one attached hydrogen (secondary N) is 2. The summed E-state index contributed by atoms with van der Waals surface area (Å²) in [4.78, 5) is 41.5. The number of nitrogens with zero attached hydrogens (tertiary/aromatic N) is 1. The molecule has 0 radical (unpaired) electrons. The van der Waals surface area contributed by atoms with Crippen molar-refractivity contribution in [2.45, 2.75) is 78.6 Å². The van der Waals surface area contributed by atoms with E-state index in [-0.39, 0.29) is 17.9 Å². The molecule has 8 heteroatoms. The second-order valence-electron chi connectivity index (χ2n) is 9.85. The van der Waals surface area contributed by atoms with Crippen LogP contribution in [0.3, 0.4) is 0 Å². The molecule has 0 aliphatic heterocycles. The number of carbonyl (C=O) groups excluding carboxylic acids is 3. The number of methoxy groups -OCH3 is 1. The van der Waals surface area contributed by atoms with Gasteiger partial charge in [-0.25, -0.2) is 4.79 Å². The van der Waals surface area contributed by atoms with Gasteiger partial charge in [0.1, 0.15) is 23.4 Å². The van der Waals surface area contributed by atoms with Gasteiger partial charge in [-0.1, -0.05) is 31.2 Å². The van der Waals surface area contributed by atoms with E-state index < -0.39 is 23.8 Å². The highest BCUT2D eigenvalue weighted by atomic mass is 16.6. The Labute approximate surface area is 214 Å². The molecule has 2 N–H and O–H groups in total. The Bertz CT molecular complexity index is 1050. The molecule has 0 aliphatic rings. The van der Waals surface area contributed by atoms with Crippen LogP contribution in [0.15, 0.2) is 48.5 Å². The van der Waals surface area contributed by atoms with Crippen LogP contribution in [0.2, 0.25) is 0 Å². The van der Waals surface area contributed by atoms with E-state index >= 15 is 0 Å². The normalized spacial score (nSPS) is 13.7. The molecule has 2 aromatic carbocycles. The van der Waals surface area contributed by atoms with Crippen LogP contribution in [0.4, 0.5) is 10.5 Å². The van der Waals surface area contributed by atoms with E-state index in [9.17, 15) is 14.4 Å². The first-order chi connectivity index (χ1) is 16.9. The van der Waals surface area contributed by atoms with Gasteiger partial charge in [0.2, 0.25) is 5.91 Å². The molecule has 0 heterocycles. The molecule has 0 saturated carbocycles. The second-order valence-corrected chi connectivity index (χ2v) is 9.85. The van der Waals surface area contributed by atoms with Crippen molar-refractivity contribution in [2.75, 3.05) is 12.4 Å². The van der Waals surface area contributed by atoms with E-state index in [1.54, 1.807) is 64.0 Å². The summed E-state index contributed by atoms with van der Waals surface area (Å²) in [6.45, 7) is 12.6. The van der Waals surface area contributed by atoms with Crippen molar-refractivity contribution in [3.05, 3.63) is 59.7 Å². The minimum absolute atomic E-state index is 0.286. The first-order valence-corrected chi connectivity index (χ1v) is 12.2. The number of hydrogen-bond acceptors (Lipinski definition) is 5. The molecule has 0 aliphatic carbocycles. The zero-order valence-electron chi connectivity index (χ0n) is 22.5. The Morgan fingerprint density at radius 3 is 2.14 bits per heavy atom. The van der Waals surface area contributed by atoms with Crippen molar-refractivity contribution in [1.82, 2.24) is 10.2 Å². The number of hydrogen-bond donors (Lipinski definition) is 2. The summed E-state index contributed by atoms with van der Waals surface area (Å²) < 4.78 is 10.5. The number of aryl methyl sites for hydroxylation is 1. The average molecular weight is 498 g/mol. The van der Waals surface area contributed by atoms with Crippen molar-refractivity contribution in [3.63, 3.8) is 0 Å². The highest BCUT2D eigenvalue weighted by Crippen LogP contribution is 2.30. The quantitative estimate of drug-likeness (QED) is 0.495. The lowest BCUT2D eigenvalue weighted by molar-refractivity contribution is -0.143. The molecule has 0 saturated heterocycles. The second kappa shape index (κ2) is 12.4. The molecule has 8 nitrogen and oxygen atoms in total. The molecule has 196 valence electrons. The number of alkyl carbamates (subject to hydrolysis) is 1. The molecular weight excluding hydrogens is 458 g/mol. The predicted octanol–water partition coefficient (Wildman–Crippen LogP) is 5.22. The maximum absolute atomic E-state index is 13.8. The van der Waals surface area contributed by atoms with Gasteiger partial charge in [-0.3, -0.25) is 9.59 Å². The average Bonchev–Trinajstić information content (AvgIpc) is 2.81. The van der Waals surface area contributed by atoms with Gasteiger partial charge in [0.15, 0.2) is 0 Å². The summed E-state index contributed by atoms with van der Waals surface area (Å²) in [6, 6.07) is 12.4. The maximum Gasteiger partial charge on any atom is 0.408 e. The van der Waals surface area contributed by atoms with E-state index in [1.807, 2.05) is 45.0 Å². The molecule has 0 fully saturated rings. The van der Waals surface area contributed by atoms with Crippen molar-refractivity contribution in [1.29, 1.82) is 0 Å². The lowest BCUT2D eigenvalue weighted by Gasteiger charge is -2.38. The fourth-order valence-electron chi connectivity index (χ4n) is 3.76. The third kappa shape index (κ3) is 7.73. The smallest absolute Gasteiger partial charge is 0.408 e. The number of amides is 3. The summed E-state index contributed by atoms with van der Waals surface area (Å²) in [5.41, 5.74) is 1.46. The summed E-state index contributed by atoms with van der Waals surface area (Å²) in [5.74, 6) is -0.0668. The third-order valence-corrected chi connectivity index (χ3v) is 5.79. The van der Waals surface area contributed by atoms with Crippen LogP contribution in [0, 0.1) is 6.92 Å². The zero-order valence-corrected chi connectivity index (χ0v) is 22.5. The fourth-order valence-corrected chi connectivity index (χ4v) is 3.76. The molecule has 2 rings (SSSR count). The lowest BCUT2D eigenvalue weighted by Crippen LogP contribution is -2.54. The predicted molar refractivity (Wildman–Crippen MR) is 141 cm³/mol. The van der Waals surface area contributed by atoms with Gasteiger partial charge in [-0.15, -0.1) is 0 Å². The molecular formula is C28H39N3O5. The molecule has 3 unspecified atom stereocenters. The lowest BCUT2D eigenvalue weighted by atomic mass is 9.96. The highest BCUT2D eigenvalue weighted by Gasteiger charge is 2.37. The van der Waals surface area contributed by atoms with Gasteiger partial charge in [0.25, 0.3) is 5.91 Å². The molecule has 0 aromatic heterocycles. The van der Waals surface area contributed by atoms with Gasteiger partial charge in [0, 0.05) is 11.7 Å². The maximum atomic E-state index is 13.8. The summed E-state index contributed by atoms with van der Waals surface area (Å²) >= 11 is 0. The van der Waals surface area contributed by atoms with Gasteiger partial charge in [-0.2, -0.15) is 0 Å². The number of benzene rings is 2. The van der Waals surface area contributed by atoms with Crippen LogP contribution >= 0.6 is 0 Å². The summed E-state index contributed by atoms with van der Waals surface area (Å²) in [6.07, 6.45) is -0.0779.